The molecule has 3 aromatic carbocycles. The average Bonchev–Trinajstić information content (AvgIpc) is 3.20. The van der Waals surface area contributed by atoms with E-state index in [0.717, 1.165) is 26.4 Å². The van der Waals surface area contributed by atoms with E-state index in [1.54, 1.807) is 12.0 Å². The van der Waals surface area contributed by atoms with Crippen molar-refractivity contribution in [2.45, 2.75) is 11.4 Å². The predicted molar refractivity (Wildman–Crippen MR) is 126 cm³/mol. The number of rotatable bonds is 7. The van der Waals surface area contributed by atoms with E-state index < -0.39 is 0 Å². The van der Waals surface area contributed by atoms with Gasteiger partial charge in [-0.25, -0.2) is 4.98 Å². The molecule has 0 N–H and O–H groups in total. The third kappa shape index (κ3) is 4.95. The summed E-state index contributed by atoms with van der Waals surface area (Å²) in [5.41, 5.74) is 1.88. The zero-order valence-corrected chi connectivity index (χ0v) is 18.6. The fourth-order valence-corrected chi connectivity index (χ4v) is 4.78. The second-order valence-corrected chi connectivity index (χ2v) is 9.03. The Hall–Kier alpha value is -2.54. The zero-order chi connectivity index (χ0) is 20.9. The summed E-state index contributed by atoms with van der Waals surface area (Å²) >= 11 is 8.95. The van der Waals surface area contributed by atoms with Gasteiger partial charge in [0.25, 0.3) is 0 Å². The van der Waals surface area contributed by atoms with Crippen molar-refractivity contribution in [3.8, 4) is 5.75 Å². The van der Waals surface area contributed by atoms with Crippen LogP contribution in [0.1, 0.15) is 5.56 Å². The number of thiazole rings is 1. The first-order valence-electron chi connectivity index (χ1n) is 9.29. The largest absolute Gasteiger partial charge is 0.497 e. The first kappa shape index (κ1) is 20.7. The lowest BCUT2D eigenvalue weighted by molar-refractivity contribution is -0.116. The van der Waals surface area contributed by atoms with Crippen molar-refractivity contribution in [2.75, 3.05) is 17.8 Å². The Balaban J connectivity index is 1.60. The predicted octanol–water partition coefficient (Wildman–Crippen LogP) is 6.28. The van der Waals surface area contributed by atoms with Crippen molar-refractivity contribution >= 4 is 56.0 Å². The third-order valence-electron chi connectivity index (χ3n) is 4.47. The van der Waals surface area contributed by atoms with Gasteiger partial charge in [0.05, 0.1) is 29.6 Å². The third-order valence-corrected chi connectivity index (χ3v) is 6.78. The maximum Gasteiger partial charge on any atom is 0.239 e. The molecule has 0 aliphatic carbocycles. The van der Waals surface area contributed by atoms with E-state index in [0.29, 0.717) is 22.5 Å². The molecule has 0 radical (unpaired) electrons. The lowest BCUT2D eigenvalue weighted by Crippen LogP contribution is -2.31. The van der Waals surface area contributed by atoms with Crippen molar-refractivity contribution in [3.63, 3.8) is 0 Å². The highest BCUT2D eigenvalue weighted by molar-refractivity contribution is 8.00. The van der Waals surface area contributed by atoms with Crippen LogP contribution in [0, 0.1) is 0 Å². The number of hydrogen-bond acceptors (Lipinski definition) is 5. The van der Waals surface area contributed by atoms with E-state index in [-0.39, 0.29) is 5.91 Å². The SMILES string of the molecule is COc1ccc2sc(N(Cc3ccccc3)C(=O)CSc3ccc(Cl)cc3)nc2c1. The topological polar surface area (TPSA) is 42.4 Å². The van der Waals surface area contributed by atoms with Gasteiger partial charge in [-0.1, -0.05) is 53.3 Å². The van der Waals surface area contributed by atoms with Crippen LogP contribution in [0.25, 0.3) is 10.2 Å². The Kier molecular flexibility index (Phi) is 6.57. The minimum Gasteiger partial charge on any atom is -0.497 e. The molecular weight excluding hydrogens is 436 g/mol. The fraction of sp³-hybridized carbons (Fsp3) is 0.130. The molecule has 0 unspecified atom stereocenters. The van der Waals surface area contributed by atoms with E-state index in [2.05, 4.69) is 0 Å². The van der Waals surface area contributed by atoms with Crippen molar-refractivity contribution in [3.05, 3.63) is 83.4 Å². The van der Waals surface area contributed by atoms with Crippen LogP contribution in [-0.2, 0) is 11.3 Å². The Bertz CT molecular complexity index is 1150. The first-order chi connectivity index (χ1) is 14.6. The maximum atomic E-state index is 13.2. The van der Waals surface area contributed by atoms with Gasteiger partial charge in [0.2, 0.25) is 5.91 Å². The van der Waals surface area contributed by atoms with Gasteiger partial charge in [-0.3, -0.25) is 9.69 Å². The number of hydrogen-bond donors (Lipinski definition) is 0. The number of thioether (sulfide) groups is 1. The number of anilines is 1. The number of methoxy groups -OCH3 is 1. The van der Waals surface area contributed by atoms with Crippen molar-refractivity contribution < 1.29 is 9.53 Å². The quantitative estimate of drug-likeness (QED) is 0.308. The molecule has 30 heavy (non-hydrogen) atoms. The number of halogens is 1. The van der Waals surface area contributed by atoms with Gasteiger partial charge < -0.3 is 4.74 Å². The molecule has 1 aromatic heterocycles. The molecule has 4 rings (SSSR count). The highest BCUT2D eigenvalue weighted by Crippen LogP contribution is 2.33. The number of carbonyl (C=O) groups excluding carboxylic acids is 1. The van der Waals surface area contributed by atoms with Gasteiger partial charge >= 0.3 is 0 Å². The minimum atomic E-state index is 0.00447. The van der Waals surface area contributed by atoms with Crippen molar-refractivity contribution in [1.82, 2.24) is 4.98 Å². The highest BCUT2D eigenvalue weighted by atomic mass is 35.5. The molecule has 4 aromatic rings. The standard InChI is InChI=1S/C23H19ClN2O2S2/c1-28-18-9-12-21-20(13-18)25-23(30-21)26(14-16-5-3-2-4-6-16)22(27)15-29-19-10-7-17(24)8-11-19/h2-13H,14-15H2,1H3. The van der Waals surface area contributed by atoms with Gasteiger partial charge in [0.1, 0.15) is 5.75 Å². The maximum absolute atomic E-state index is 13.2. The second kappa shape index (κ2) is 9.51. The molecule has 1 heterocycles. The number of fused-ring (bicyclic) bond motifs is 1. The first-order valence-corrected chi connectivity index (χ1v) is 11.5. The molecule has 0 saturated heterocycles. The van der Waals surface area contributed by atoms with Crippen LogP contribution < -0.4 is 9.64 Å². The van der Waals surface area contributed by atoms with Gasteiger partial charge in [-0.15, -0.1) is 11.8 Å². The fourth-order valence-electron chi connectivity index (χ4n) is 2.92. The zero-order valence-electron chi connectivity index (χ0n) is 16.2. The summed E-state index contributed by atoms with van der Waals surface area (Å²) in [5.74, 6) is 1.07. The number of aromatic nitrogens is 1. The summed E-state index contributed by atoms with van der Waals surface area (Å²) in [5, 5.41) is 1.37. The van der Waals surface area contributed by atoms with Crippen molar-refractivity contribution in [1.29, 1.82) is 0 Å². The van der Waals surface area contributed by atoms with Crippen LogP contribution in [0.4, 0.5) is 5.13 Å². The van der Waals surface area contributed by atoms with E-state index >= 15 is 0 Å². The average molecular weight is 455 g/mol. The lowest BCUT2D eigenvalue weighted by Gasteiger charge is -2.20. The highest BCUT2D eigenvalue weighted by Gasteiger charge is 2.20. The smallest absolute Gasteiger partial charge is 0.239 e. The number of ether oxygens (including phenoxy) is 1. The summed E-state index contributed by atoms with van der Waals surface area (Å²) in [6.07, 6.45) is 0. The summed E-state index contributed by atoms with van der Waals surface area (Å²) in [4.78, 5) is 20.7. The van der Waals surface area contributed by atoms with Crippen LogP contribution in [0.3, 0.4) is 0 Å². The van der Waals surface area contributed by atoms with Crippen LogP contribution in [0.15, 0.2) is 77.7 Å². The van der Waals surface area contributed by atoms with Crippen molar-refractivity contribution in [2.24, 2.45) is 0 Å². The molecular formula is C23H19ClN2O2S2. The molecule has 0 fully saturated rings. The minimum absolute atomic E-state index is 0.00447. The Morgan fingerprint density at radius 3 is 2.60 bits per heavy atom. The normalized spacial score (nSPS) is 10.9. The summed E-state index contributed by atoms with van der Waals surface area (Å²) in [6.45, 7) is 0.470. The van der Waals surface area contributed by atoms with Crippen LogP contribution in [0.2, 0.25) is 5.02 Å². The Labute approximate surface area is 188 Å². The Morgan fingerprint density at radius 1 is 1.10 bits per heavy atom. The van der Waals surface area contributed by atoms with Gasteiger partial charge in [0, 0.05) is 16.0 Å². The molecule has 0 aliphatic heterocycles. The van der Waals surface area contributed by atoms with Gasteiger partial charge in [-0.2, -0.15) is 0 Å². The molecule has 0 bridgehead atoms. The molecule has 0 spiro atoms. The summed E-state index contributed by atoms with van der Waals surface area (Å²) < 4.78 is 6.32. The number of benzene rings is 3. The molecule has 0 aliphatic rings. The van der Waals surface area contributed by atoms with Crippen LogP contribution in [0.5, 0.6) is 5.75 Å². The second-order valence-electron chi connectivity index (χ2n) is 6.54. The summed E-state index contributed by atoms with van der Waals surface area (Å²) in [7, 11) is 1.63. The molecule has 7 heteroatoms. The number of nitrogens with zero attached hydrogens (tertiary/aromatic N) is 2. The van der Waals surface area contributed by atoms with E-state index in [1.807, 2.05) is 72.8 Å². The van der Waals surface area contributed by atoms with E-state index in [4.69, 9.17) is 21.3 Å². The van der Waals surface area contributed by atoms with Crippen LogP contribution in [-0.4, -0.2) is 23.8 Å². The lowest BCUT2D eigenvalue weighted by atomic mass is 10.2. The molecule has 1 amide bonds. The number of carbonyl (C=O) groups is 1. The molecule has 4 nitrogen and oxygen atoms in total. The van der Waals surface area contributed by atoms with Gasteiger partial charge in [0.15, 0.2) is 5.13 Å². The molecule has 152 valence electrons. The number of amides is 1. The monoisotopic (exact) mass is 454 g/mol. The van der Waals surface area contributed by atoms with E-state index in [9.17, 15) is 4.79 Å². The van der Waals surface area contributed by atoms with Gasteiger partial charge in [-0.05, 0) is 42.0 Å². The summed E-state index contributed by atoms with van der Waals surface area (Å²) in [6, 6.07) is 23.2. The van der Waals surface area contributed by atoms with E-state index in [1.165, 1.54) is 23.1 Å². The molecule has 0 atom stereocenters. The molecule has 0 saturated carbocycles. The van der Waals surface area contributed by atoms with Crippen LogP contribution >= 0.6 is 34.7 Å². The Morgan fingerprint density at radius 2 is 1.87 bits per heavy atom.